The zero-order valence-corrected chi connectivity index (χ0v) is 12.7. The third-order valence-corrected chi connectivity index (χ3v) is 4.27. The lowest BCUT2D eigenvalue weighted by atomic mass is 9.80. The average Bonchev–Trinajstić information content (AvgIpc) is 2.81. The van der Waals surface area contributed by atoms with Crippen LogP contribution < -0.4 is 5.32 Å². The fourth-order valence-electron chi connectivity index (χ4n) is 3.41. The fraction of sp³-hybridized carbons (Fsp3) is 0.750. The van der Waals surface area contributed by atoms with Gasteiger partial charge in [-0.2, -0.15) is 0 Å². The molecule has 1 heterocycles. The van der Waals surface area contributed by atoms with Crippen LogP contribution in [0.1, 0.15) is 44.9 Å². The molecule has 0 amide bonds. The molecule has 0 spiro atoms. The van der Waals surface area contributed by atoms with Gasteiger partial charge in [0.25, 0.3) is 0 Å². The molecule has 108 valence electrons. The Morgan fingerprint density at radius 2 is 1.95 bits per heavy atom. The van der Waals surface area contributed by atoms with Crippen LogP contribution in [0.5, 0.6) is 0 Å². The molecule has 0 bridgehead atoms. The minimum Gasteiger partial charge on any atom is -0.468 e. The topological polar surface area (TPSA) is 28.4 Å². The third-order valence-electron chi connectivity index (χ3n) is 4.27. The van der Waals surface area contributed by atoms with Gasteiger partial charge in [0.05, 0.1) is 12.3 Å². The van der Waals surface area contributed by atoms with Crippen LogP contribution in [0.25, 0.3) is 0 Å². The number of nitrogens with one attached hydrogen (secondary N) is 1. The molecule has 3 atom stereocenters. The maximum Gasteiger partial charge on any atom is 0.122 e. The van der Waals surface area contributed by atoms with Gasteiger partial charge in [0.1, 0.15) is 5.76 Å². The Morgan fingerprint density at radius 3 is 2.47 bits per heavy atom. The summed E-state index contributed by atoms with van der Waals surface area (Å²) < 4.78 is 5.56. The summed E-state index contributed by atoms with van der Waals surface area (Å²) in [6.45, 7) is 5.71. The van der Waals surface area contributed by atoms with Crippen LogP contribution >= 0.6 is 0 Å². The van der Waals surface area contributed by atoms with Crippen LogP contribution in [0.2, 0.25) is 0 Å². The largest absolute Gasteiger partial charge is 0.468 e. The number of nitrogens with zero attached hydrogens (tertiary/aromatic N) is 1. The number of likely N-dealkylation sites (N-methyl/N-ethyl adjacent to an activating group) is 1. The van der Waals surface area contributed by atoms with Crippen molar-refractivity contribution in [2.45, 2.75) is 45.2 Å². The van der Waals surface area contributed by atoms with Gasteiger partial charge < -0.3 is 9.73 Å². The highest BCUT2D eigenvalue weighted by atomic mass is 16.3. The summed E-state index contributed by atoms with van der Waals surface area (Å²) in [5.41, 5.74) is 0. The molecule has 1 aliphatic carbocycles. The van der Waals surface area contributed by atoms with E-state index < -0.39 is 0 Å². The Bertz CT molecular complexity index is 351. The number of rotatable bonds is 5. The first-order valence-electron chi connectivity index (χ1n) is 7.49. The standard InChI is InChI=1S/C16H28N2O/c1-12-8-13(2)10-14(9-12)17-11-15(18(3)4)16-6-5-7-19-16/h5-7,12-15,17H,8-11H2,1-4H3. The van der Waals surface area contributed by atoms with Crippen molar-refractivity contribution < 1.29 is 4.42 Å². The Labute approximate surface area is 117 Å². The van der Waals surface area contributed by atoms with Gasteiger partial charge in [0.15, 0.2) is 0 Å². The van der Waals surface area contributed by atoms with E-state index in [0.717, 1.165) is 24.1 Å². The summed E-state index contributed by atoms with van der Waals surface area (Å²) in [5, 5.41) is 3.75. The minimum absolute atomic E-state index is 0.322. The second kappa shape index (κ2) is 6.58. The molecule has 3 nitrogen and oxygen atoms in total. The van der Waals surface area contributed by atoms with Crippen molar-refractivity contribution in [1.29, 1.82) is 0 Å². The normalized spacial score (nSPS) is 29.6. The monoisotopic (exact) mass is 264 g/mol. The first-order chi connectivity index (χ1) is 9.06. The zero-order valence-electron chi connectivity index (χ0n) is 12.7. The van der Waals surface area contributed by atoms with Crippen LogP contribution in [0.4, 0.5) is 0 Å². The van der Waals surface area contributed by atoms with Crippen molar-refractivity contribution in [1.82, 2.24) is 10.2 Å². The molecule has 0 aromatic carbocycles. The van der Waals surface area contributed by atoms with E-state index in [1.165, 1.54) is 19.3 Å². The van der Waals surface area contributed by atoms with Gasteiger partial charge in [-0.1, -0.05) is 13.8 Å². The SMILES string of the molecule is CC1CC(C)CC(NCC(c2ccco2)N(C)C)C1. The summed E-state index contributed by atoms with van der Waals surface area (Å²) >= 11 is 0. The zero-order chi connectivity index (χ0) is 13.8. The molecule has 1 aromatic heterocycles. The Morgan fingerprint density at radius 1 is 1.26 bits per heavy atom. The highest BCUT2D eigenvalue weighted by molar-refractivity contribution is 5.05. The molecule has 0 saturated heterocycles. The van der Waals surface area contributed by atoms with E-state index in [1.54, 1.807) is 6.26 Å². The molecule has 1 aromatic rings. The highest BCUT2D eigenvalue weighted by Gasteiger charge is 2.25. The van der Waals surface area contributed by atoms with Crippen LogP contribution in [0, 0.1) is 11.8 Å². The number of hydrogen-bond acceptors (Lipinski definition) is 3. The van der Waals surface area contributed by atoms with Gasteiger partial charge in [0, 0.05) is 12.6 Å². The minimum atomic E-state index is 0.322. The van der Waals surface area contributed by atoms with E-state index in [-0.39, 0.29) is 0 Å². The van der Waals surface area contributed by atoms with Crippen molar-refractivity contribution in [3.8, 4) is 0 Å². The maximum atomic E-state index is 5.56. The quantitative estimate of drug-likeness (QED) is 0.884. The molecule has 3 heteroatoms. The summed E-state index contributed by atoms with van der Waals surface area (Å²) in [6, 6.07) is 5.02. The van der Waals surface area contributed by atoms with Crippen molar-refractivity contribution in [2.75, 3.05) is 20.6 Å². The first kappa shape index (κ1) is 14.6. The summed E-state index contributed by atoms with van der Waals surface area (Å²) in [6.07, 6.45) is 5.76. The van der Waals surface area contributed by atoms with Crippen molar-refractivity contribution in [2.24, 2.45) is 11.8 Å². The molecule has 1 aliphatic rings. The van der Waals surface area contributed by atoms with Crippen LogP contribution in [-0.2, 0) is 0 Å². The molecular formula is C16H28N2O. The summed E-state index contributed by atoms with van der Waals surface area (Å²) in [4.78, 5) is 2.22. The second-order valence-corrected chi connectivity index (χ2v) is 6.52. The second-order valence-electron chi connectivity index (χ2n) is 6.52. The predicted molar refractivity (Wildman–Crippen MR) is 79.1 cm³/mol. The van der Waals surface area contributed by atoms with Crippen molar-refractivity contribution in [3.63, 3.8) is 0 Å². The lowest BCUT2D eigenvalue weighted by Gasteiger charge is -2.33. The van der Waals surface area contributed by atoms with E-state index >= 15 is 0 Å². The Hall–Kier alpha value is -0.800. The van der Waals surface area contributed by atoms with Gasteiger partial charge in [-0.15, -0.1) is 0 Å². The molecule has 2 rings (SSSR count). The predicted octanol–water partition coefficient (Wildman–Crippen LogP) is 3.30. The fourth-order valence-corrected chi connectivity index (χ4v) is 3.41. The van der Waals surface area contributed by atoms with E-state index in [1.807, 2.05) is 6.07 Å². The van der Waals surface area contributed by atoms with Gasteiger partial charge in [0.2, 0.25) is 0 Å². The summed E-state index contributed by atoms with van der Waals surface area (Å²) in [7, 11) is 4.22. The van der Waals surface area contributed by atoms with Crippen molar-refractivity contribution >= 4 is 0 Å². The van der Waals surface area contributed by atoms with E-state index in [2.05, 4.69) is 44.2 Å². The van der Waals surface area contributed by atoms with Gasteiger partial charge in [-0.3, -0.25) is 4.90 Å². The lowest BCUT2D eigenvalue weighted by Crippen LogP contribution is -2.40. The number of hydrogen-bond donors (Lipinski definition) is 1. The Balaban J connectivity index is 1.89. The van der Waals surface area contributed by atoms with Crippen LogP contribution in [0.15, 0.2) is 22.8 Å². The molecule has 1 fully saturated rings. The molecule has 1 N–H and O–H groups in total. The van der Waals surface area contributed by atoms with Gasteiger partial charge >= 0.3 is 0 Å². The maximum absolute atomic E-state index is 5.56. The van der Waals surface area contributed by atoms with E-state index in [9.17, 15) is 0 Å². The molecule has 0 radical (unpaired) electrons. The third kappa shape index (κ3) is 4.08. The van der Waals surface area contributed by atoms with E-state index in [4.69, 9.17) is 4.42 Å². The molecule has 3 unspecified atom stereocenters. The Kier molecular flexibility index (Phi) is 5.06. The van der Waals surface area contributed by atoms with Crippen LogP contribution in [0.3, 0.4) is 0 Å². The molecule has 19 heavy (non-hydrogen) atoms. The average molecular weight is 264 g/mol. The molecule has 0 aliphatic heterocycles. The highest BCUT2D eigenvalue weighted by Crippen LogP contribution is 2.29. The van der Waals surface area contributed by atoms with E-state index in [0.29, 0.717) is 12.1 Å². The summed E-state index contributed by atoms with van der Waals surface area (Å²) in [5.74, 6) is 2.75. The molecular weight excluding hydrogens is 236 g/mol. The van der Waals surface area contributed by atoms with Gasteiger partial charge in [-0.05, 0) is 57.3 Å². The number of furan rings is 1. The smallest absolute Gasteiger partial charge is 0.122 e. The van der Waals surface area contributed by atoms with Crippen LogP contribution in [-0.4, -0.2) is 31.6 Å². The first-order valence-corrected chi connectivity index (χ1v) is 7.49. The van der Waals surface area contributed by atoms with Crippen molar-refractivity contribution in [3.05, 3.63) is 24.2 Å². The molecule has 1 saturated carbocycles. The van der Waals surface area contributed by atoms with Gasteiger partial charge in [-0.25, -0.2) is 0 Å². The lowest BCUT2D eigenvalue weighted by molar-refractivity contribution is 0.204.